The molecule has 0 fully saturated rings. The van der Waals surface area contributed by atoms with E-state index in [2.05, 4.69) is 4.98 Å². The summed E-state index contributed by atoms with van der Waals surface area (Å²) in [5.74, 6) is -1.69. The monoisotopic (exact) mass is 219 g/mol. The number of H-pyrrole nitrogens is 1. The molecule has 3 aromatic rings. The minimum atomic E-state index is -1.14. The van der Waals surface area contributed by atoms with Crippen LogP contribution in [-0.2, 0) is 0 Å². The molecule has 2 heterocycles. The number of aromatic amines is 1. The Hall–Kier alpha value is -2.30. The second kappa shape index (κ2) is 2.85. The third-order valence-electron chi connectivity index (χ3n) is 2.44. The highest BCUT2D eigenvalue weighted by Crippen LogP contribution is 2.28. The van der Waals surface area contributed by atoms with Gasteiger partial charge in [0.05, 0.1) is 5.52 Å². The zero-order chi connectivity index (χ0) is 11.3. The normalized spacial score (nSPS) is 11.3. The Morgan fingerprint density at radius 2 is 2.12 bits per heavy atom. The molecular formula is C11H6FNO3. The predicted octanol–water partition coefficient (Wildman–Crippen LogP) is 2.75. The summed E-state index contributed by atoms with van der Waals surface area (Å²) in [4.78, 5) is 13.6. The Bertz CT molecular complexity index is 710. The van der Waals surface area contributed by atoms with E-state index >= 15 is 0 Å². The molecule has 0 aliphatic carbocycles. The van der Waals surface area contributed by atoms with E-state index in [0.29, 0.717) is 22.0 Å². The van der Waals surface area contributed by atoms with E-state index in [-0.39, 0.29) is 11.6 Å². The molecule has 2 N–H and O–H groups in total. The third kappa shape index (κ3) is 1.11. The SMILES string of the molecule is O=C(O)c1cc2[nH]c3ccc(F)cc3c2o1. The molecule has 0 aliphatic rings. The largest absolute Gasteiger partial charge is 0.475 e. The van der Waals surface area contributed by atoms with Crippen LogP contribution in [0.1, 0.15) is 10.6 Å². The molecule has 2 aromatic heterocycles. The highest BCUT2D eigenvalue weighted by atomic mass is 19.1. The van der Waals surface area contributed by atoms with E-state index in [4.69, 9.17) is 9.52 Å². The number of aromatic carboxylic acids is 1. The van der Waals surface area contributed by atoms with Gasteiger partial charge in [0, 0.05) is 17.0 Å². The van der Waals surface area contributed by atoms with Crippen molar-refractivity contribution >= 4 is 28.0 Å². The van der Waals surface area contributed by atoms with E-state index < -0.39 is 5.97 Å². The first-order chi connectivity index (χ1) is 7.65. The van der Waals surface area contributed by atoms with Crippen LogP contribution in [0.15, 0.2) is 28.7 Å². The van der Waals surface area contributed by atoms with Gasteiger partial charge in [-0.25, -0.2) is 9.18 Å². The highest BCUT2D eigenvalue weighted by molar-refractivity contribution is 6.05. The summed E-state index contributed by atoms with van der Waals surface area (Å²) in [5, 5.41) is 9.29. The Morgan fingerprint density at radius 3 is 2.88 bits per heavy atom. The number of carboxylic acids is 1. The number of nitrogens with one attached hydrogen (secondary N) is 1. The summed E-state index contributed by atoms with van der Waals surface area (Å²) in [6, 6.07) is 5.61. The van der Waals surface area contributed by atoms with Crippen molar-refractivity contribution in [1.82, 2.24) is 4.98 Å². The summed E-state index contributed by atoms with van der Waals surface area (Å²) >= 11 is 0. The summed E-state index contributed by atoms with van der Waals surface area (Å²) in [5.41, 5.74) is 1.64. The fourth-order valence-corrected chi connectivity index (χ4v) is 1.75. The molecule has 4 nitrogen and oxygen atoms in total. The summed E-state index contributed by atoms with van der Waals surface area (Å²) < 4.78 is 18.2. The summed E-state index contributed by atoms with van der Waals surface area (Å²) in [6.45, 7) is 0. The van der Waals surface area contributed by atoms with E-state index in [0.717, 1.165) is 0 Å². The summed E-state index contributed by atoms with van der Waals surface area (Å²) in [6.07, 6.45) is 0. The maximum absolute atomic E-state index is 13.0. The zero-order valence-corrected chi connectivity index (χ0v) is 7.95. The van der Waals surface area contributed by atoms with Crippen LogP contribution in [0.3, 0.4) is 0 Å². The molecule has 0 unspecified atom stereocenters. The third-order valence-corrected chi connectivity index (χ3v) is 2.44. The van der Waals surface area contributed by atoms with Crippen molar-refractivity contribution in [3.05, 3.63) is 35.8 Å². The Labute approximate surface area is 88.3 Å². The topological polar surface area (TPSA) is 66.2 Å². The van der Waals surface area contributed by atoms with Gasteiger partial charge in [-0.15, -0.1) is 0 Å². The van der Waals surface area contributed by atoms with Crippen LogP contribution in [-0.4, -0.2) is 16.1 Å². The lowest BCUT2D eigenvalue weighted by molar-refractivity contribution is 0.0665. The summed E-state index contributed by atoms with van der Waals surface area (Å²) in [7, 11) is 0. The number of hydrogen-bond donors (Lipinski definition) is 2. The standard InChI is InChI=1S/C11H6FNO3/c12-5-1-2-7-6(3-5)10-8(13-7)4-9(16-10)11(14)15/h1-4,13H,(H,14,15). The van der Waals surface area contributed by atoms with Gasteiger partial charge in [-0.2, -0.15) is 0 Å². The lowest BCUT2D eigenvalue weighted by Crippen LogP contribution is -1.91. The highest BCUT2D eigenvalue weighted by Gasteiger charge is 2.14. The van der Waals surface area contributed by atoms with Crippen molar-refractivity contribution < 1.29 is 18.7 Å². The number of aromatic nitrogens is 1. The van der Waals surface area contributed by atoms with E-state index in [1.54, 1.807) is 6.07 Å². The average Bonchev–Trinajstić information content (AvgIpc) is 2.75. The van der Waals surface area contributed by atoms with Crippen LogP contribution >= 0.6 is 0 Å². The van der Waals surface area contributed by atoms with E-state index in [1.165, 1.54) is 18.2 Å². The Kier molecular flexibility index (Phi) is 1.60. The van der Waals surface area contributed by atoms with Gasteiger partial charge in [0.15, 0.2) is 5.58 Å². The van der Waals surface area contributed by atoms with E-state index in [9.17, 15) is 9.18 Å². The molecule has 0 aliphatic heterocycles. The van der Waals surface area contributed by atoms with Crippen molar-refractivity contribution in [2.24, 2.45) is 0 Å². The molecular weight excluding hydrogens is 213 g/mol. The molecule has 0 atom stereocenters. The van der Waals surface area contributed by atoms with Crippen LogP contribution in [0.25, 0.3) is 22.0 Å². The van der Waals surface area contributed by atoms with Gasteiger partial charge in [0.25, 0.3) is 0 Å². The number of furan rings is 1. The van der Waals surface area contributed by atoms with Crippen LogP contribution in [0.5, 0.6) is 0 Å². The van der Waals surface area contributed by atoms with Gasteiger partial charge in [-0.05, 0) is 18.2 Å². The molecule has 80 valence electrons. The molecule has 0 saturated carbocycles. The number of halogens is 1. The number of carboxylic acid groups (broad SMARTS) is 1. The first-order valence-corrected chi connectivity index (χ1v) is 4.59. The van der Waals surface area contributed by atoms with Gasteiger partial charge < -0.3 is 14.5 Å². The molecule has 3 rings (SSSR count). The quantitative estimate of drug-likeness (QED) is 0.661. The van der Waals surface area contributed by atoms with Gasteiger partial charge in [0.2, 0.25) is 5.76 Å². The lowest BCUT2D eigenvalue weighted by Gasteiger charge is -1.90. The molecule has 5 heteroatoms. The van der Waals surface area contributed by atoms with Crippen molar-refractivity contribution in [1.29, 1.82) is 0 Å². The minimum absolute atomic E-state index is 0.160. The number of carbonyl (C=O) groups is 1. The first kappa shape index (κ1) is 8.96. The molecule has 0 bridgehead atoms. The van der Waals surface area contributed by atoms with Gasteiger partial charge in [-0.1, -0.05) is 0 Å². The first-order valence-electron chi connectivity index (χ1n) is 4.59. The Morgan fingerprint density at radius 1 is 1.31 bits per heavy atom. The molecule has 0 amide bonds. The smallest absolute Gasteiger partial charge is 0.371 e. The zero-order valence-electron chi connectivity index (χ0n) is 7.95. The fourth-order valence-electron chi connectivity index (χ4n) is 1.75. The molecule has 0 spiro atoms. The van der Waals surface area contributed by atoms with Gasteiger partial charge in [-0.3, -0.25) is 0 Å². The van der Waals surface area contributed by atoms with Gasteiger partial charge >= 0.3 is 5.97 Å². The van der Waals surface area contributed by atoms with Crippen LogP contribution in [0, 0.1) is 5.82 Å². The second-order valence-corrected chi connectivity index (χ2v) is 3.47. The maximum atomic E-state index is 13.0. The van der Waals surface area contributed by atoms with Crippen molar-refractivity contribution in [2.45, 2.75) is 0 Å². The number of benzene rings is 1. The molecule has 0 saturated heterocycles. The van der Waals surface area contributed by atoms with Crippen LogP contribution in [0.4, 0.5) is 4.39 Å². The minimum Gasteiger partial charge on any atom is -0.475 e. The predicted molar refractivity (Wildman–Crippen MR) is 55.0 cm³/mol. The number of fused-ring (bicyclic) bond motifs is 3. The molecule has 16 heavy (non-hydrogen) atoms. The maximum Gasteiger partial charge on any atom is 0.371 e. The average molecular weight is 219 g/mol. The van der Waals surface area contributed by atoms with Crippen molar-refractivity contribution in [3.8, 4) is 0 Å². The number of hydrogen-bond acceptors (Lipinski definition) is 2. The molecule has 0 radical (unpaired) electrons. The van der Waals surface area contributed by atoms with E-state index in [1.807, 2.05) is 0 Å². The van der Waals surface area contributed by atoms with Crippen LogP contribution in [0.2, 0.25) is 0 Å². The Balaban J connectivity index is 2.40. The molecule has 1 aromatic carbocycles. The fraction of sp³-hybridized carbons (Fsp3) is 0. The van der Waals surface area contributed by atoms with Crippen molar-refractivity contribution in [2.75, 3.05) is 0 Å². The van der Waals surface area contributed by atoms with Crippen LogP contribution < -0.4 is 0 Å². The number of rotatable bonds is 1. The van der Waals surface area contributed by atoms with Crippen molar-refractivity contribution in [3.63, 3.8) is 0 Å². The lowest BCUT2D eigenvalue weighted by atomic mass is 10.2. The van der Waals surface area contributed by atoms with Gasteiger partial charge in [0.1, 0.15) is 5.82 Å². The second-order valence-electron chi connectivity index (χ2n) is 3.47.